The van der Waals surface area contributed by atoms with Crippen LogP contribution in [-0.4, -0.2) is 40.2 Å². The van der Waals surface area contributed by atoms with Crippen LogP contribution in [0.1, 0.15) is 24.5 Å². The zero-order valence-electron chi connectivity index (χ0n) is 14.2. The van der Waals surface area contributed by atoms with Gasteiger partial charge < -0.3 is 9.80 Å². The van der Waals surface area contributed by atoms with E-state index in [4.69, 9.17) is 0 Å². The summed E-state index contributed by atoms with van der Waals surface area (Å²) in [5.41, 5.74) is 2.10. The van der Waals surface area contributed by atoms with Crippen molar-refractivity contribution in [3.8, 4) is 0 Å². The van der Waals surface area contributed by atoms with Gasteiger partial charge in [-0.2, -0.15) is 0 Å². The molecule has 1 aromatic carbocycles. The van der Waals surface area contributed by atoms with E-state index < -0.39 is 0 Å². The van der Waals surface area contributed by atoms with Gasteiger partial charge in [-0.3, -0.25) is 14.6 Å². The van der Waals surface area contributed by atoms with Crippen molar-refractivity contribution in [3.63, 3.8) is 0 Å². The minimum absolute atomic E-state index is 0.0276. The van der Waals surface area contributed by atoms with Gasteiger partial charge in [-0.05, 0) is 23.3 Å². The number of carbonyl (C=O) groups is 2. The van der Waals surface area contributed by atoms with Crippen LogP contribution in [-0.2, 0) is 22.7 Å². The third-order valence-corrected chi connectivity index (χ3v) is 3.85. The average Bonchev–Trinajstić information content (AvgIpc) is 2.59. The van der Waals surface area contributed by atoms with E-state index in [1.807, 2.05) is 42.5 Å². The summed E-state index contributed by atoms with van der Waals surface area (Å²) in [4.78, 5) is 31.5. The first-order chi connectivity index (χ1) is 11.6. The van der Waals surface area contributed by atoms with Crippen molar-refractivity contribution in [1.29, 1.82) is 0 Å². The lowest BCUT2D eigenvalue weighted by atomic mass is 10.2. The van der Waals surface area contributed by atoms with Crippen LogP contribution in [0.3, 0.4) is 0 Å². The lowest BCUT2D eigenvalue weighted by Crippen LogP contribution is -2.34. The zero-order chi connectivity index (χ0) is 17.4. The van der Waals surface area contributed by atoms with Gasteiger partial charge in [0.25, 0.3) is 0 Å². The van der Waals surface area contributed by atoms with Gasteiger partial charge in [0.15, 0.2) is 0 Å². The summed E-state index contributed by atoms with van der Waals surface area (Å²) < 4.78 is 0. The molecule has 0 saturated heterocycles. The van der Waals surface area contributed by atoms with E-state index in [1.54, 1.807) is 29.2 Å². The monoisotopic (exact) mass is 325 g/mol. The molecule has 0 aliphatic rings. The number of hydrogen-bond donors (Lipinski definition) is 0. The molecule has 0 spiro atoms. The molecule has 0 unspecified atom stereocenters. The quantitative estimate of drug-likeness (QED) is 0.786. The van der Waals surface area contributed by atoms with Gasteiger partial charge in [-0.15, -0.1) is 0 Å². The van der Waals surface area contributed by atoms with Gasteiger partial charge in [0.1, 0.15) is 0 Å². The van der Waals surface area contributed by atoms with Crippen molar-refractivity contribution in [2.24, 2.45) is 0 Å². The molecule has 5 nitrogen and oxygen atoms in total. The molecule has 5 heteroatoms. The highest BCUT2D eigenvalue weighted by atomic mass is 16.2. The molecule has 2 rings (SSSR count). The molecule has 0 saturated carbocycles. The van der Waals surface area contributed by atoms with Crippen LogP contribution in [0, 0.1) is 0 Å². The van der Waals surface area contributed by atoms with E-state index >= 15 is 0 Å². The first kappa shape index (κ1) is 17.7. The Morgan fingerprint density at radius 2 is 1.58 bits per heavy atom. The van der Waals surface area contributed by atoms with Gasteiger partial charge in [-0.25, -0.2) is 0 Å². The molecule has 1 aromatic heterocycles. The number of benzene rings is 1. The fraction of sp³-hybridized carbons (Fsp3) is 0.316. The fourth-order valence-electron chi connectivity index (χ4n) is 2.42. The Labute approximate surface area is 142 Å². The highest BCUT2D eigenvalue weighted by Crippen LogP contribution is 2.07. The molecule has 126 valence electrons. The summed E-state index contributed by atoms with van der Waals surface area (Å²) >= 11 is 0. The largest absolute Gasteiger partial charge is 0.341 e. The number of nitrogens with zero attached hydrogens (tertiary/aromatic N) is 3. The Hall–Kier alpha value is -2.69. The lowest BCUT2D eigenvalue weighted by Gasteiger charge is -2.23. The summed E-state index contributed by atoms with van der Waals surface area (Å²) in [6.45, 7) is 3.01. The molecule has 24 heavy (non-hydrogen) atoms. The van der Waals surface area contributed by atoms with Crippen LogP contribution in [0.5, 0.6) is 0 Å². The first-order valence-corrected chi connectivity index (χ1v) is 7.98. The topological polar surface area (TPSA) is 53.5 Å². The predicted molar refractivity (Wildman–Crippen MR) is 92.9 cm³/mol. The van der Waals surface area contributed by atoms with Crippen molar-refractivity contribution in [2.45, 2.75) is 26.4 Å². The number of rotatable bonds is 7. The number of pyridine rings is 1. The molecular formula is C19H23N3O2. The van der Waals surface area contributed by atoms with Gasteiger partial charge in [-0.1, -0.05) is 30.3 Å². The van der Waals surface area contributed by atoms with Crippen LogP contribution < -0.4 is 0 Å². The normalized spacial score (nSPS) is 10.2. The second-order valence-corrected chi connectivity index (χ2v) is 5.78. The number of amides is 2. The Morgan fingerprint density at radius 3 is 2.21 bits per heavy atom. The molecule has 2 aromatic rings. The molecule has 0 fully saturated rings. The predicted octanol–water partition coefficient (Wildman–Crippen LogP) is 2.48. The van der Waals surface area contributed by atoms with Crippen molar-refractivity contribution >= 4 is 11.8 Å². The second kappa shape index (κ2) is 8.82. The highest BCUT2D eigenvalue weighted by Gasteiger charge is 2.14. The van der Waals surface area contributed by atoms with Crippen molar-refractivity contribution in [3.05, 3.63) is 66.0 Å². The minimum Gasteiger partial charge on any atom is -0.341 e. The van der Waals surface area contributed by atoms with Gasteiger partial charge >= 0.3 is 0 Å². The van der Waals surface area contributed by atoms with Gasteiger partial charge in [0.2, 0.25) is 11.8 Å². The van der Waals surface area contributed by atoms with E-state index in [2.05, 4.69) is 4.98 Å². The average molecular weight is 325 g/mol. The third-order valence-electron chi connectivity index (χ3n) is 3.85. The SMILES string of the molecule is CC(=O)N(CCC(=O)N(C)Cc1ccccc1)Cc1ccncc1. The molecule has 0 bridgehead atoms. The fourth-order valence-corrected chi connectivity index (χ4v) is 2.42. The molecule has 0 aliphatic heterocycles. The van der Waals surface area contributed by atoms with Crippen LogP contribution in [0.15, 0.2) is 54.9 Å². The molecule has 0 radical (unpaired) electrons. The van der Waals surface area contributed by atoms with Crippen molar-refractivity contribution in [1.82, 2.24) is 14.8 Å². The smallest absolute Gasteiger partial charge is 0.224 e. The first-order valence-electron chi connectivity index (χ1n) is 7.98. The van der Waals surface area contributed by atoms with E-state index in [-0.39, 0.29) is 11.8 Å². The maximum atomic E-state index is 12.3. The summed E-state index contributed by atoms with van der Waals surface area (Å²) in [6.07, 6.45) is 3.72. The van der Waals surface area contributed by atoms with Gasteiger partial charge in [0.05, 0.1) is 0 Å². The Morgan fingerprint density at radius 1 is 0.958 bits per heavy atom. The Balaban J connectivity index is 1.86. The van der Waals surface area contributed by atoms with Gasteiger partial charge in [0, 0.05) is 52.4 Å². The summed E-state index contributed by atoms with van der Waals surface area (Å²) in [7, 11) is 1.79. The Bertz CT molecular complexity index is 659. The molecule has 0 N–H and O–H groups in total. The maximum Gasteiger partial charge on any atom is 0.224 e. The van der Waals surface area contributed by atoms with E-state index in [9.17, 15) is 9.59 Å². The molecule has 1 heterocycles. The summed E-state index contributed by atoms with van der Waals surface area (Å²) in [6, 6.07) is 13.6. The van der Waals surface area contributed by atoms with Crippen molar-refractivity contribution in [2.75, 3.05) is 13.6 Å². The number of hydrogen-bond acceptors (Lipinski definition) is 3. The molecule has 2 amide bonds. The number of aromatic nitrogens is 1. The Kier molecular flexibility index (Phi) is 6.49. The standard InChI is InChI=1S/C19H23N3O2/c1-16(23)22(15-18-8-11-20-12-9-18)13-10-19(24)21(2)14-17-6-4-3-5-7-17/h3-9,11-12H,10,13-15H2,1-2H3. The second-order valence-electron chi connectivity index (χ2n) is 5.78. The molecular weight excluding hydrogens is 302 g/mol. The van der Waals surface area contributed by atoms with E-state index in [1.165, 1.54) is 6.92 Å². The van der Waals surface area contributed by atoms with Crippen LogP contribution in [0.4, 0.5) is 0 Å². The van der Waals surface area contributed by atoms with Crippen molar-refractivity contribution < 1.29 is 9.59 Å². The number of carbonyl (C=O) groups excluding carboxylic acids is 2. The van der Waals surface area contributed by atoms with E-state index in [0.29, 0.717) is 26.1 Å². The third kappa shape index (κ3) is 5.50. The molecule has 0 atom stereocenters. The maximum absolute atomic E-state index is 12.3. The van der Waals surface area contributed by atoms with E-state index in [0.717, 1.165) is 11.1 Å². The zero-order valence-corrected chi connectivity index (χ0v) is 14.2. The summed E-state index contributed by atoms with van der Waals surface area (Å²) in [5, 5.41) is 0. The van der Waals surface area contributed by atoms with Crippen LogP contribution >= 0.6 is 0 Å². The van der Waals surface area contributed by atoms with Crippen LogP contribution in [0.2, 0.25) is 0 Å². The minimum atomic E-state index is -0.0367. The lowest BCUT2D eigenvalue weighted by molar-refractivity contribution is -0.133. The van der Waals surface area contributed by atoms with Crippen LogP contribution in [0.25, 0.3) is 0 Å². The summed E-state index contributed by atoms with van der Waals surface area (Å²) in [5.74, 6) is -0.00911. The highest BCUT2D eigenvalue weighted by molar-refractivity contribution is 5.78. The molecule has 0 aliphatic carbocycles.